The van der Waals surface area contributed by atoms with E-state index in [-0.39, 0.29) is 37.3 Å². The third kappa shape index (κ3) is 7.67. The topological polar surface area (TPSA) is 111 Å². The number of carbonyl (C=O) groups is 3. The number of fused-ring (bicyclic) bond motifs is 2. The maximum Gasteiger partial charge on any atom is 0.408 e. The van der Waals surface area contributed by atoms with Gasteiger partial charge in [0.1, 0.15) is 11.6 Å². The summed E-state index contributed by atoms with van der Waals surface area (Å²) < 4.78 is 20.1. The van der Waals surface area contributed by atoms with E-state index >= 15 is 0 Å². The smallest absolute Gasteiger partial charge is 0.408 e. The molecule has 2 heterocycles. The maximum atomic E-state index is 14.8. The number of allylic oxidation sites excluding steroid dienone is 1. The highest BCUT2D eigenvalue weighted by Crippen LogP contribution is 2.41. The van der Waals surface area contributed by atoms with Gasteiger partial charge >= 0.3 is 12.2 Å². The monoisotopic (exact) mass is 731 g/mol. The average Bonchev–Trinajstić information content (AvgIpc) is 3.92. The first-order chi connectivity index (χ1) is 23.6. The molecule has 256 valence electrons. The summed E-state index contributed by atoms with van der Waals surface area (Å²) in [7, 11) is 0. The number of halogens is 2. The average molecular weight is 733 g/mol. The van der Waals surface area contributed by atoms with Gasteiger partial charge in [-0.1, -0.05) is 54.6 Å². The highest BCUT2D eigenvalue weighted by molar-refractivity contribution is 9.10. The molecule has 2 fully saturated rings. The molecule has 49 heavy (non-hydrogen) atoms. The first kappa shape index (κ1) is 34.2. The summed E-state index contributed by atoms with van der Waals surface area (Å²) >= 11 is 3.38. The van der Waals surface area contributed by atoms with Gasteiger partial charge in [-0.15, -0.1) is 6.58 Å². The van der Waals surface area contributed by atoms with Crippen molar-refractivity contribution in [2.75, 3.05) is 19.7 Å². The quantitative estimate of drug-likeness (QED) is 0.149. The maximum absolute atomic E-state index is 14.8. The van der Waals surface area contributed by atoms with E-state index in [1.807, 2.05) is 59.5 Å². The van der Waals surface area contributed by atoms with Gasteiger partial charge in [-0.25, -0.2) is 14.0 Å². The van der Waals surface area contributed by atoms with Crippen molar-refractivity contribution in [1.82, 2.24) is 14.7 Å². The minimum Gasteiger partial charge on any atom is -0.492 e. The molecule has 3 aromatic carbocycles. The lowest BCUT2D eigenvalue weighted by molar-refractivity contribution is -0.129. The van der Waals surface area contributed by atoms with Crippen LogP contribution in [0.1, 0.15) is 47.9 Å². The molecule has 0 spiro atoms. The molecular formula is C38H39BrFN3O6. The number of amides is 3. The van der Waals surface area contributed by atoms with Crippen LogP contribution in [0.15, 0.2) is 89.4 Å². The second-order valence-electron chi connectivity index (χ2n) is 12.8. The van der Waals surface area contributed by atoms with Crippen LogP contribution in [0, 0.1) is 5.82 Å². The van der Waals surface area contributed by atoms with Crippen LogP contribution in [0.5, 0.6) is 5.75 Å². The SMILES string of the molecule is C=CCc1ccccc1CN(C(=O)C1=C(c2ccc(CCCOc3cc(F)ccc3Br)cc2)CC2CN(C(=O)O)CC1N2C(=O)O)C1CC1. The van der Waals surface area contributed by atoms with Crippen molar-refractivity contribution in [2.45, 2.75) is 63.2 Å². The fraction of sp³-hybridized carbons (Fsp3) is 0.342. The number of ether oxygens (including phenoxy) is 1. The normalized spacial score (nSPS) is 18.7. The number of benzene rings is 3. The zero-order valence-corrected chi connectivity index (χ0v) is 28.6. The lowest BCUT2D eigenvalue weighted by atomic mass is 9.81. The minimum atomic E-state index is -1.17. The van der Waals surface area contributed by atoms with Crippen molar-refractivity contribution < 1.29 is 33.7 Å². The van der Waals surface area contributed by atoms with Crippen molar-refractivity contribution in [3.8, 4) is 5.75 Å². The van der Waals surface area contributed by atoms with Crippen molar-refractivity contribution in [1.29, 1.82) is 0 Å². The summed E-state index contributed by atoms with van der Waals surface area (Å²) in [6, 6.07) is 18.6. The Balaban J connectivity index is 1.30. The number of aryl methyl sites for hydroxylation is 1. The standard InChI is InChI=1S/C38H39BrFN3O6/c1-2-6-25-8-3-4-9-27(25)21-42(29-15-16-29)36(44)35-31(20-30-22-41(37(45)46)23-33(35)43(30)38(47)48)26-12-10-24(11-13-26)7-5-18-49-34-19-28(40)14-17-32(34)39/h2-4,8-14,17,19,29-30,33H,1,5-7,15-16,18,20-23H2,(H,45,46)(H,47,48). The third-order valence-electron chi connectivity index (χ3n) is 9.51. The first-order valence-corrected chi connectivity index (χ1v) is 17.3. The molecule has 2 N–H and O–H groups in total. The Bertz CT molecular complexity index is 1780. The number of rotatable bonds is 12. The molecule has 3 amide bonds. The van der Waals surface area contributed by atoms with Gasteiger partial charge < -0.3 is 24.7 Å². The van der Waals surface area contributed by atoms with Crippen LogP contribution in [0.2, 0.25) is 0 Å². The van der Waals surface area contributed by atoms with Crippen LogP contribution in [0.4, 0.5) is 14.0 Å². The lowest BCUT2D eigenvalue weighted by Crippen LogP contribution is -2.65. The Kier molecular flexibility index (Phi) is 10.4. The Hall–Kier alpha value is -4.64. The van der Waals surface area contributed by atoms with E-state index in [4.69, 9.17) is 4.74 Å². The number of nitrogens with zero attached hydrogens (tertiary/aromatic N) is 3. The highest BCUT2D eigenvalue weighted by Gasteiger charge is 2.49. The first-order valence-electron chi connectivity index (χ1n) is 16.5. The Morgan fingerprint density at radius 3 is 2.41 bits per heavy atom. The molecule has 0 aromatic heterocycles. The molecule has 3 aromatic rings. The van der Waals surface area contributed by atoms with E-state index in [1.54, 1.807) is 6.07 Å². The summed E-state index contributed by atoms with van der Waals surface area (Å²) in [4.78, 5) is 44.0. The molecule has 6 rings (SSSR count). The predicted molar refractivity (Wildman–Crippen MR) is 187 cm³/mol. The van der Waals surface area contributed by atoms with Crippen molar-refractivity contribution in [3.05, 3.63) is 118 Å². The Morgan fingerprint density at radius 1 is 1.00 bits per heavy atom. The summed E-state index contributed by atoms with van der Waals surface area (Å²) in [5.41, 5.74) is 5.05. The number of carbonyl (C=O) groups excluding carboxylic acids is 1. The second kappa shape index (κ2) is 14.9. The molecule has 1 saturated heterocycles. The van der Waals surface area contributed by atoms with Crippen LogP contribution in [0.3, 0.4) is 0 Å². The lowest BCUT2D eigenvalue weighted by Gasteiger charge is -2.49. The van der Waals surface area contributed by atoms with Gasteiger partial charge in [-0.3, -0.25) is 9.69 Å². The van der Waals surface area contributed by atoms with Gasteiger partial charge in [0.15, 0.2) is 0 Å². The molecule has 0 radical (unpaired) electrons. The minimum absolute atomic E-state index is 0.0193. The Labute approximate surface area is 293 Å². The van der Waals surface area contributed by atoms with Crippen molar-refractivity contribution in [2.24, 2.45) is 0 Å². The van der Waals surface area contributed by atoms with E-state index in [9.17, 15) is 29.0 Å². The third-order valence-corrected chi connectivity index (χ3v) is 10.2. The molecule has 1 aliphatic carbocycles. The van der Waals surface area contributed by atoms with E-state index in [2.05, 4.69) is 22.5 Å². The largest absolute Gasteiger partial charge is 0.492 e. The zero-order chi connectivity index (χ0) is 34.7. The number of hydrogen-bond donors (Lipinski definition) is 2. The van der Waals surface area contributed by atoms with Gasteiger partial charge in [0.2, 0.25) is 0 Å². The summed E-state index contributed by atoms with van der Waals surface area (Å²) in [6.07, 6.45) is 3.51. The van der Waals surface area contributed by atoms with Gasteiger partial charge in [0, 0.05) is 37.3 Å². The fourth-order valence-corrected chi connectivity index (χ4v) is 7.34. The zero-order valence-electron chi connectivity index (χ0n) is 27.1. The van der Waals surface area contributed by atoms with Crippen molar-refractivity contribution in [3.63, 3.8) is 0 Å². The molecule has 1 saturated carbocycles. The van der Waals surface area contributed by atoms with Crippen LogP contribution < -0.4 is 4.74 Å². The predicted octanol–water partition coefficient (Wildman–Crippen LogP) is 7.39. The summed E-state index contributed by atoms with van der Waals surface area (Å²) in [5.74, 6) is -0.172. The molecule has 2 unspecified atom stereocenters. The second-order valence-corrected chi connectivity index (χ2v) is 13.6. The van der Waals surface area contributed by atoms with Crippen LogP contribution >= 0.6 is 15.9 Å². The van der Waals surface area contributed by atoms with E-state index < -0.39 is 24.3 Å². The van der Waals surface area contributed by atoms with Gasteiger partial charge in [0.05, 0.1) is 23.2 Å². The number of carboxylic acid groups (broad SMARTS) is 2. The van der Waals surface area contributed by atoms with E-state index in [0.29, 0.717) is 48.2 Å². The number of hydrogen-bond acceptors (Lipinski definition) is 4. The molecule has 2 aliphatic heterocycles. The van der Waals surface area contributed by atoms with Crippen LogP contribution in [-0.4, -0.2) is 80.8 Å². The molecule has 9 nitrogen and oxygen atoms in total. The highest BCUT2D eigenvalue weighted by atomic mass is 79.9. The van der Waals surface area contributed by atoms with E-state index in [0.717, 1.165) is 40.7 Å². The van der Waals surface area contributed by atoms with Gasteiger partial charge in [-0.2, -0.15) is 0 Å². The van der Waals surface area contributed by atoms with Crippen molar-refractivity contribution >= 4 is 39.6 Å². The Morgan fingerprint density at radius 2 is 1.73 bits per heavy atom. The molecule has 3 aliphatic rings. The summed E-state index contributed by atoms with van der Waals surface area (Å²) in [6.45, 7) is 4.56. The summed E-state index contributed by atoms with van der Waals surface area (Å²) in [5, 5.41) is 20.3. The molecule has 11 heteroatoms. The van der Waals surface area contributed by atoms with Gasteiger partial charge in [-0.05, 0) is 94.4 Å². The van der Waals surface area contributed by atoms with Crippen LogP contribution in [-0.2, 0) is 24.2 Å². The molecule has 2 bridgehead atoms. The van der Waals surface area contributed by atoms with Crippen LogP contribution in [0.25, 0.3) is 5.57 Å². The van der Waals surface area contributed by atoms with E-state index in [1.165, 1.54) is 21.9 Å². The fourth-order valence-electron chi connectivity index (χ4n) is 6.98. The molecule has 2 atom stereocenters. The van der Waals surface area contributed by atoms with Gasteiger partial charge in [0.25, 0.3) is 5.91 Å². The molecular weight excluding hydrogens is 693 g/mol. The number of piperazine rings is 1.